The van der Waals surface area contributed by atoms with Crippen molar-refractivity contribution in [3.8, 4) is 5.75 Å². The maximum absolute atomic E-state index is 12.4. The normalized spacial score (nSPS) is 11.1. The molecule has 4 nitrogen and oxygen atoms in total. The van der Waals surface area contributed by atoms with E-state index >= 15 is 0 Å². The first-order valence-electron chi connectivity index (χ1n) is 7.84. The lowest BCUT2D eigenvalue weighted by atomic mass is 10.0. The molecular weight excluding hydrogens is 288 g/mol. The van der Waals surface area contributed by atoms with Gasteiger partial charge in [0.1, 0.15) is 5.75 Å². The molecule has 1 aromatic heterocycles. The highest BCUT2D eigenvalue weighted by atomic mass is 16.5. The van der Waals surface area contributed by atoms with Crippen molar-refractivity contribution in [3.63, 3.8) is 0 Å². The molecule has 0 radical (unpaired) electrons. The number of carbonyl (C=O) groups is 1. The third kappa shape index (κ3) is 4.02. The van der Waals surface area contributed by atoms with E-state index in [9.17, 15) is 4.79 Å². The van der Waals surface area contributed by atoms with E-state index < -0.39 is 0 Å². The molecule has 0 unspecified atom stereocenters. The number of H-pyrrole nitrogens is 1. The van der Waals surface area contributed by atoms with Crippen LogP contribution in [-0.4, -0.2) is 36.4 Å². The summed E-state index contributed by atoms with van der Waals surface area (Å²) in [6.07, 6.45) is 0. The van der Waals surface area contributed by atoms with Gasteiger partial charge < -0.3 is 9.72 Å². The molecule has 0 amide bonds. The number of methoxy groups -OCH3 is 1. The Morgan fingerprint density at radius 1 is 1.13 bits per heavy atom. The Kier molecular flexibility index (Phi) is 5.26. The van der Waals surface area contributed by atoms with Crippen LogP contribution in [0.25, 0.3) is 0 Å². The Bertz CT molecular complexity index is 693. The number of hydrogen-bond donors (Lipinski definition) is 1. The second-order valence-corrected chi connectivity index (χ2v) is 6.35. The van der Waals surface area contributed by atoms with Gasteiger partial charge in [0.15, 0.2) is 5.78 Å². The van der Waals surface area contributed by atoms with E-state index in [0.29, 0.717) is 6.54 Å². The molecule has 1 heterocycles. The molecule has 0 saturated heterocycles. The average Bonchev–Trinajstić information content (AvgIpc) is 2.77. The van der Waals surface area contributed by atoms with Gasteiger partial charge in [-0.15, -0.1) is 0 Å². The summed E-state index contributed by atoms with van der Waals surface area (Å²) < 4.78 is 5.40. The number of nitrogens with zero attached hydrogens (tertiary/aromatic N) is 1. The number of ether oxygens (including phenoxy) is 1. The third-order valence-corrected chi connectivity index (χ3v) is 4.04. The van der Waals surface area contributed by atoms with E-state index in [4.69, 9.17) is 4.74 Å². The van der Waals surface area contributed by atoms with Crippen LogP contribution < -0.4 is 4.74 Å². The van der Waals surface area contributed by atoms with Crippen molar-refractivity contribution >= 4 is 5.78 Å². The minimum atomic E-state index is 0.149. The van der Waals surface area contributed by atoms with E-state index in [2.05, 4.69) is 17.1 Å². The van der Waals surface area contributed by atoms with Crippen LogP contribution in [0.2, 0.25) is 0 Å². The van der Waals surface area contributed by atoms with Crippen LogP contribution in [0.15, 0.2) is 18.2 Å². The smallest absolute Gasteiger partial charge is 0.178 e. The first-order chi connectivity index (χ1) is 10.8. The molecule has 1 N–H and O–H groups in total. The maximum Gasteiger partial charge on any atom is 0.178 e. The predicted octanol–water partition coefficient (Wildman–Crippen LogP) is 3.57. The molecule has 1 aromatic carbocycles. The van der Waals surface area contributed by atoms with E-state index in [1.54, 1.807) is 7.11 Å². The summed E-state index contributed by atoms with van der Waals surface area (Å²) in [6.45, 7) is 9.15. The molecule has 2 rings (SSSR count). The highest BCUT2D eigenvalue weighted by molar-refractivity contribution is 5.98. The minimum Gasteiger partial charge on any atom is -0.496 e. The largest absolute Gasteiger partial charge is 0.496 e. The van der Waals surface area contributed by atoms with Gasteiger partial charge in [0.05, 0.1) is 13.7 Å². The first kappa shape index (κ1) is 17.3. The highest BCUT2D eigenvalue weighted by Gasteiger charge is 2.14. The number of aryl methyl sites for hydroxylation is 4. The Labute approximate surface area is 138 Å². The molecule has 0 spiro atoms. The van der Waals surface area contributed by atoms with Gasteiger partial charge in [0.25, 0.3) is 0 Å². The Morgan fingerprint density at radius 3 is 2.22 bits per heavy atom. The number of nitrogens with one attached hydrogen (secondary N) is 1. The van der Waals surface area contributed by atoms with Gasteiger partial charge in [0, 0.05) is 23.5 Å². The lowest BCUT2D eigenvalue weighted by Gasteiger charge is -2.18. The van der Waals surface area contributed by atoms with E-state index in [-0.39, 0.29) is 5.78 Å². The van der Waals surface area contributed by atoms with E-state index in [1.807, 2.05) is 45.7 Å². The lowest BCUT2D eigenvalue weighted by molar-refractivity contribution is 0.0942. The molecule has 0 fully saturated rings. The van der Waals surface area contributed by atoms with Crippen molar-refractivity contribution in [3.05, 3.63) is 51.8 Å². The van der Waals surface area contributed by atoms with Crippen molar-refractivity contribution < 1.29 is 9.53 Å². The summed E-state index contributed by atoms with van der Waals surface area (Å²) in [7, 11) is 3.67. The van der Waals surface area contributed by atoms with Gasteiger partial charge in [-0.05, 0) is 57.5 Å². The standard InChI is InChI=1S/C19H26N2O2/c1-12-7-16(8-13(2)19(12)23-6)10-21(5)11-18(22)17-9-14(3)20-15(17)4/h7-9,20H,10-11H2,1-6H3. The fourth-order valence-corrected chi connectivity index (χ4v) is 3.16. The number of carbonyl (C=O) groups excluding carboxylic acids is 1. The molecule has 0 atom stereocenters. The van der Waals surface area contributed by atoms with Gasteiger partial charge in [-0.25, -0.2) is 0 Å². The summed E-state index contributed by atoms with van der Waals surface area (Å²) >= 11 is 0. The number of aromatic nitrogens is 1. The van der Waals surface area contributed by atoms with Crippen LogP contribution in [-0.2, 0) is 6.54 Å². The zero-order valence-corrected chi connectivity index (χ0v) is 14.9. The van der Waals surface area contributed by atoms with Crippen molar-refractivity contribution in [2.45, 2.75) is 34.2 Å². The van der Waals surface area contributed by atoms with Crippen LogP contribution in [0, 0.1) is 27.7 Å². The lowest BCUT2D eigenvalue weighted by Crippen LogP contribution is -2.26. The molecule has 0 aliphatic rings. The van der Waals surface area contributed by atoms with Gasteiger partial charge in [-0.2, -0.15) is 0 Å². The Hall–Kier alpha value is -2.07. The summed E-state index contributed by atoms with van der Waals surface area (Å²) in [5.41, 5.74) is 6.19. The summed E-state index contributed by atoms with van der Waals surface area (Å²) in [5.74, 6) is 1.09. The van der Waals surface area contributed by atoms with Crippen molar-refractivity contribution in [2.24, 2.45) is 0 Å². The quantitative estimate of drug-likeness (QED) is 0.829. The van der Waals surface area contributed by atoms with Crippen LogP contribution in [0.5, 0.6) is 5.75 Å². The fraction of sp³-hybridized carbons (Fsp3) is 0.421. The molecule has 4 heteroatoms. The molecule has 124 valence electrons. The molecule has 23 heavy (non-hydrogen) atoms. The van der Waals surface area contributed by atoms with Gasteiger partial charge in [-0.3, -0.25) is 9.69 Å². The first-order valence-corrected chi connectivity index (χ1v) is 7.84. The van der Waals surface area contributed by atoms with Crippen molar-refractivity contribution in [1.82, 2.24) is 9.88 Å². The SMILES string of the molecule is COc1c(C)cc(CN(C)CC(=O)c2cc(C)[nH]c2C)cc1C. The third-order valence-electron chi connectivity index (χ3n) is 4.04. The summed E-state index contributed by atoms with van der Waals surface area (Å²) in [4.78, 5) is 17.7. The summed E-state index contributed by atoms with van der Waals surface area (Å²) in [6, 6.07) is 6.17. The second kappa shape index (κ2) is 7.01. The second-order valence-electron chi connectivity index (χ2n) is 6.35. The fourth-order valence-electron chi connectivity index (χ4n) is 3.16. The van der Waals surface area contributed by atoms with Crippen molar-refractivity contribution in [2.75, 3.05) is 20.7 Å². The number of hydrogen-bond acceptors (Lipinski definition) is 3. The zero-order valence-electron chi connectivity index (χ0n) is 14.9. The molecule has 0 bridgehead atoms. The predicted molar refractivity (Wildman–Crippen MR) is 93.4 cm³/mol. The molecule has 0 saturated carbocycles. The van der Waals surface area contributed by atoms with Crippen LogP contribution in [0.1, 0.15) is 38.4 Å². The molecule has 2 aromatic rings. The van der Waals surface area contributed by atoms with E-state index in [1.165, 1.54) is 5.56 Å². The molecule has 0 aliphatic heterocycles. The Balaban J connectivity index is 2.06. The van der Waals surface area contributed by atoms with Gasteiger partial charge in [-0.1, -0.05) is 12.1 Å². The Morgan fingerprint density at radius 2 is 1.74 bits per heavy atom. The monoisotopic (exact) mass is 314 g/mol. The van der Waals surface area contributed by atoms with Crippen LogP contribution in [0.4, 0.5) is 0 Å². The number of Topliss-reactive ketones (excluding diaryl/α,β-unsaturated/α-hetero) is 1. The summed E-state index contributed by atoms with van der Waals surface area (Å²) in [5, 5.41) is 0. The van der Waals surface area contributed by atoms with Crippen molar-refractivity contribution in [1.29, 1.82) is 0 Å². The minimum absolute atomic E-state index is 0.149. The van der Waals surface area contributed by atoms with Crippen LogP contribution >= 0.6 is 0 Å². The zero-order chi connectivity index (χ0) is 17.1. The average molecular weight is 314 g/mol. The van der Waals surface area contributed by atoms with Gasteiger partial charge >= 0.3 is 0 Å². The number of likely N-dealkylation sites (N-methyl/N-ethyl adjacent to an activating group) is 1. The number of benzene rings is 1. The number of rotatable bonds is 6. The highest BCUT2D eigenvalue weighted by Crippen LogP contribution is 2.24. The molecule has 0 aliphatic carbocycles. The number of aromatic amines is 1. The maximum atomic E-state index is 12.4. The van der Waals surface area contributed by atoms with Gasteiger partial charge in [0.2, 0.25) is 0 Å². The number of ketones is 1. The van der Waals surface area contributed by atoms with Crippen LogP contribution in [0.3, 0.4) is 0 Å². The van der Waals surface area contributed by atoms with E-state index in [0.717, 1.165) is 40.4 Å². The topological polar surface area (TPSA) is 45.3 Å². The molecular formula is C19H26N2O2.